The summed E-state index contributed by atoms with van der Waals surface area (Å²) < 4.78 is 0. The van der Waals surface area contributed by atoms with Crippen LogP contribution in [0.3, 0.4) is 0 Å². The summed E-state index contributed by atoms with van der Waals surface area (Å²) in [6, 6.07) is 114. The van der Waals surface area contributed by atoms with E-state index in [4.69, 9.17) is 0 Å². The largest absolute Gasteiger partial charge is 0.310 e. The first-order chi connectivity index (χ1) is 36.7. The summed E-state index contributed by atoms with van der Waals surface area (Å²) in [6.45, 7) is 0. The fourth-order valence-corrected chi connectivity index (χ4v) is 10.2. The number of benzene rings is 12. The van der Waals surface area contributed by atoms with E-state index >= 15 is 0 Å². The Labute approximate surface area is 435 Å². The Hall–Kier alpha value is -9.76. The Bertz CT molecular complexity index is 3330. The summed E-state index contributed by atoms with van der Waals surface area (Å²) in [4.78, 5) is 4.76. The monoisotopic (exact) mass is 944 g/mol. The van der Waals surface area contributed by atoms with E-state index in [-0.39, 0.29) is 0 Å². The van der Waals surface area contributed by atoms with Gasteiger partial charge in [0.15, 0.2) is 0 Å². The van der Waals surface area contributed by atoms with Crippen LogP contribution in [0.25, 0.3) is 77.9 Å². The van der Waals surface area contributed by atoms with E-state index in [1.165, 1.54) is 44.5 Å². The van der Waals surface area contributed by atoms with Crippen molar-refractivity contribution in [2.75, 3.05) is 9.80 Å². The van der Waals surface area contributed by atoms with E-state index in [0.29, 0.717) is 0 Å². The second kappa shape index (κ2) is 20.9. The number of rotatable bonds is 13. The number of nitrogens with zero attached hydrogens (tertiary/aromatic N) is 2. The normalized spacial score (nSPS) is 11.0. The van der Waals surface area contributed by atoms with Gasteiger partial charge < -0.3 is 9.80 Å². The lowest BCUT2D eigenvalue weighted by Gasteiger charge is -2.28. The zero-order valence-electron chi connectivity index (χ0n) is 40.9. The summed E-state index contributed by atoms with van der Waals surface area (Å²) in [5.41, 5.74) is 22.8. The van der Waals surface area contributed by atoms with Crippen molar-refractivity contribution in [3.63, 3.8) is 0 Å². The lowest BCUT2D eigenvalue weighted by Crippen LogP contribution is -2.11. The van der Waals surface area contributed by atoms with Crippen molar-refractivity contribution >= 4 is 34.1 Å². The Morgan fingerprint density at radius 1 is 0.135 bits per heavy atom. The van der Waals surface area contributed by atoms with Gasteiger partial charge in [0.2, 0.25) is 0 Å². The summed E-state index contributed by atoms with van der Waals surface area (Å²) in [5.74, 6) is 0. The van der Waals surface area contributed by atoms with Gasteiger partial charge in [0.1, 0.15) is 0 Å². The van der Waals surface area contributed by atoms with Crippen molar-refractivity contribution < 1.29 is 0 Å². The molecule has 0 unspecified atom stereocenters. The molecule has 0 aromatic heterocycles. The molecule has 0 N–H and O–H groups in total. The molecule has 12 aromatic carbocycles. The molecule has 0 radical (unpaired) electrons. The van der Waals surface area contributed by atoms with Crippen molar-refractivity contribution in [1.29, 1.82) is 0 Å². The fraction of sp³-hybridized carbons (Fsp3) is 0. The zero-order valence-corrected chi connectivity index (χ0v) is 40.9. The maximum absolute atomic E-state index is 2.38. The van der Waals surface area contributed by atoms with Gasteiger partial charge in [0.25, 0.3) is 0 Å². The first-order valence-electron chi connectivity index (χ1n) is 25.3. The number of anilines is 6. The molecule has 0 heterocycles. The fourth-order valence-electron chi connectivity index (χ4n) is 10.2. The molecule has 2 heteroatoms. The topological polar surface area (TPSA) is 6.48 Å². The van der Waals surface area contributed by atoms with Gasteiger partial charge in [-0.3, -0.25) is 0 Å². The highest BCUT2D eigenvalue weighted by molar-refractivity contribution is 5.96. The Kier molecular flexibility index (Phi) is 12.8. The van der Waals surface area contributed by atoms with Crippen molar-refractivity contribution in [3.8, 4) is 77.9 Å². The SMILES string of the molecule is c1ccc(-c2ccc(N(c3ccc(-c4ccccc4)cc3)c3ccc(-c4ccc(N(c5ccc(-c6ccccc6)cc5)c5ccc(-c6ccccc6)cc5)cc4-c4ccccc4)c(-c4ccccc4)c3)cc2)cc1. The van der Waals surface area contributed by atoms with Crippen LogP contribution >= 0.6 is 0 Å². The molecule has 0 aliphatic rings. The first-order valence-corrected chi connectivity index (χ1v) is 25.3. The smallest absolute Gasteiger partial charge is 0.0468 e. The van der Waals surface area contributed by atoms with E-state index in [9.17, 15) is 0 Å². The van der Waals surface area contributed by atoms with Crippen molar-refractivity contribution in [2.45, 2.75) is 0 Å². The minimum Gasteiger partial charge on any atom is -0.310 e. The summed E-state index contributed by atoms with van der Waals surface area (Å²) in [7, 11) is 0. The van der Waals surface area contributed by atoms with E-state index < -0.39 is 0 Å². The molecule has 0 aliphatic heterocycles. The molecule has 12 aromatic rings. The lowest BCUT2D eigenvalue weighted by molar-refractivity contribution is 1.28. The Morgan fingerprint density at radius 3 is 0.554 bits per heavy atom. The van der Waals surface area contributed by atoms with Crippen LogP contribution in [0.5, 0.6) is 0 Å². The molecule has 0 aliphatic carbocycles. The molecule has 0 fully saturated rings. The molecular formula is C72H52N2. The molecule has 12 rings (SSSR count). The average molecular weight is 945 g/mol. The van der Waals surface area contributed by atoms with Crippen LogP contribution in [0.15, 0.2) is 315 Å². The van der Waals surface area contributed by atoms with Gasteiger partial charge in [-0.2, -0.15) is 0 Å². The van der Waals surface area contributed by atoms with Crippen LogP contribution in [0.4, 0.5) is 34.1 Å². The van der Waals surface area contributed by atoms with Gasteiger partial charge in [0, 0.05) is 34.1 Å². The average Bonchev–Trinajstić information content (AvgIpc) is 3.50. The predicted octanol–water partition coefficient (Wildman–Crippen LogP) is 20.3. The van der Waals surface area contributed by atoms with Gasteiger partial charge in [-0.25, -0.2) is 0 Å². The number of hydrogen-bond donors (Lipinski definition) is 0. The highest BCUT2D eigenvalue weighted by Crippen LogP contribution is 2.46. The van der Waals surface area contributed by atoms with Crippen molar-refractivity contribution in [1.82, 2.24) is 0 Å². The molecule has 0 amide bonds. The third kappa shape index (κ3) is 9.56. The highest BCUT2D eigenvalue weighted by atomic mass is 15.1. The van der Waals surface area contributed by atoms with Gasteiger partial charge in [-0.05, 0) is 151 Å². The Balaban J connectivity index is 1.00. The third-order valence-corrected chi connectivity index (χ3v) is 13.9. The minimum atomic E-state index is 1.06. The maximum Gasteiger partial charge on any atom is 0.0468 e. The zero-order chi connectivity index (χ0) is 49.5. The van der Waals surface area contributed by atoms with E-state index in [1.54, 1.807) is 0 Å². The predicted molar refractivity (Wildman–Crippen MR) is 314 cm³/mol. The van der Waals surface area contributed by atoms with Crippen LogP contribution in [-0.4, -0.2) is 0 Å². The second-order valence-electron chi connectivity index (χ2n) is 18.5. The minimum absolute atomic E-state index is 1.06. The van der Waals surface area contributed by atoms with Crippen LogP contribution in [-0.2, 0) is 0 Å². The van der Waals surface area contributed by atoms with Crippen LogP contribution in [0.2, 0.25) is 0 Å². The molecular weight excluding hydrogens is 893 g/mol. The molecule has 0 saturated heterocycles. The van der Waals surface area contributed by atoms with Crippen molar-refractivity contribution in [2.24, 2.45) is 0 Å². The highest BCUT2D eigenvalue weighted by Gasteiger charge is 2.21. The van der Waals surface area contributed by atoms with Crippen LogP contribution in [0.1, 0.15) is 0 Å². The quantitative estimate of drug-likeness (QED) is 0.114. The Morgan fingerprint density at radius 2 is 0.324 bits per heavy atom. The summed E-state index contributed by atoms with van der Waals surface area (Å²) >= 11 is 0. The van der Waals surface area contributed by atoms with Crippen molar-refractivity contribution in [3.05, 3.63) is 315 Å². The molecule has 74 heavy (non-hydrogen) atoms. The van der Waals surface area contributed by atoms with Gasteiger partial charge >= 0.3 is 0 Å². The number of hydrogen-bond acceptors (Lipinski definition) is 2. The molecule has 350 valence electrons. The summed E-state index contributed by atoms with van der Waals surface area (Å²) in [6.07, 6.45) is 0. The van der Waals surface area contributed by atoms with E-state index in [0.717, 1.165) is 67.5 Å². The van der Waals surface area contributed by atoms with E-state index in [1.807, 2.05) is 0 Å². The molecule has 0 atom stereocenters. The third-order valence-electron chi connectivity index (χ3n) is 13.9. The van der Waals surface area contributed by atoms with Gasteiger partial charge in [0.05, 0.1) is 0 Å². The second-order valence-corrected chi connectivity index (χ2v) is 18.5. The lowest BCUT2D eigenvalue weighted by atomic mass is 9.88. The molecule has 2 nitrogen and oxygen atoms in total. The van der Waals surface area contributed by atoms with Gasteiger partial charge in [-0.1, -0.05) is 243 Å². The molecule has 0 spiro atoms. The summed E-state index contributed by atoms with van der Waals surface area (Å²) in [5, 5.41) is 0. The van der Waals surface area contributed by atoms with Gasteiger partial charge in [-0.15, -0.1) is 0 Å². The van der Waals surface area contributed by atoms with Crippen LogP contribution < -0.4 is 9.80 Å². The maximum atomic E-state index is 2.38. The molecule has 0 saturated carbocycles. The van der Waals surface area contributed by atoms with E-state index in [2.05, 4.69) is 325 Å². The standard InChI is InChI=1S/C72H52N2/c1-7-19-53(20-8-1)57-31-39-63(40-32-57)73(64-41-33-58(34-42-64)54-21-9-2-10-22-54)67-47-49-69(71(51-67)61-27-15-5-16-28-61)70-50-48-68(52-72(70)62-29-17-6-18-30-62)74(65-43-35-59(36-44-65)55-23-11-3-12-24-55)66-45-37-60(38-46-66)56-25-13-4-14-26-56/h1-52H. The first kappa shape index (κ1) is 45.4. The molecule has 0 bridgehead atoms. The van der Waals surface area contributed by atoms with Crippen LogP contribution in [0, 0.1) is 0 Å².